The van der Waals surface area contributed by atoms with Crippen molar-refractivity contribution in [3.05, 3.63) is 69.8 Å². The van der Waals surface area contributed by atoms with Crippen LogP contribution in [-0.4, -0.2) is 23.7 Å². The summed E-state index contributed by atoms with van der Waals surface area (Å²) in [4.78, 5) is 22.2. The van der Waals surface area contributed by atoms with Crippen LogP contribution in [0.25, 0.3) is 0 Å². The molecule has 2 aromatic carbocycles. The third-order valence-electron chi connectivity index (χ3n) is 3.62. The monoisotopic (exact) mass is 355 g/mol. The summed E-state index contributed by atoms with van der Waals surface area (Å²) in [6, 6.07) is 13.7. The molecule has 0 aromatic heterocycles. The van der Waals surface area contributed by atoms with Gasteiger partial charge in [-0.3, -0.25) is 14.9 Å². The van der Waals surface area contributed by atoms with Crippen LogP contribution in [0.1, 0.15) is 31.9 Å². The fraction of sp³-hybridized carbons (Fsp3) is 0.263. The second-order valence-electron chi connectivity index (χ2n) is 6.67. The molecule has 0 aliphatic rings. The maximum atomic E-state index is 11.8. The van der Waals surface area contributed by atoms with Crippen LogP contribution < -0.4 is 10.2 Å². The van der Waals surface area contributed by atoms with Crippen molar-refractivity contribution in [1.82, 2.24) is 5.43 Å². The Morgan fingerprint density at radius 3 is 2.46 bits per heavy atom. The highest BCUT2D eigenvalue weighted by Gasteiger charge is 2.13. The Kier molecular flexibility index (Phi) is 6.06. The van der Waals surface area contributed by atoms with Crippen molar-refractivity contribution >= 4 is 17.8 Å². The highest BCUT2D eigenvalue weighted by Crippen LogP contribution is 2.24. The van der Waals surface area contributed by atoms with Gasteiger partial charge in [0.1, 0.15) is 5.75 Å². The van der Waals surface area contributed by atoms with Gasteiger partial charge in [0.15, 0.2) is 6.61 Å². The highest BCUT2D eigenvalue weighted by molar-refractivity contribution is 5.86. The van der Waals surface area contributed by atoms with Crippen molar-refractivity contribution in [1.29, 1.82) is 0 Å². The Morgan fingerprint density at radius 2 is 1.85 bits per heavy atom. The summed E-state index contributed by atoms with van der Waals surface area (Å²) in [5, 5.41) is 14.6. The van der Waals surface area contributed by atoms with Crippen LogP contribution in [-0.2, 0) is 10.2 Å². The van der Waals surface area contributed by atoms with E-state index in [1.807, 2.05) is 24.3 Å². The lowest BCUT2D eigenvalue weighted by atomic mass is 9.87. The average molecular weight is 355 g/mol. The topological polar surface area (TPSA) is 93.8 Å². The summed E-state index contributed by atoms with van der Waals surface area (Å²) in [5.74, 6) is 0.121. The number of nitro groups is 1. The third kappa shape index (κ3) is 5.41. The molecule has 0 heterocycles. The second kappa shape index (κ2) is 8.24. The molecule has 26 heavy (non-hydrogen) atoms. The Labute approximate surface area is 151 Å². The largest absolute Gasteiger partial charge is 0.484 e. The zero-order valence-electron chi connectivity index (χ0n) is 14.9. The Balaban J connectivity index is 1.87. The number of benzene rings is 2. The molecule has 0 atom stereocenters. The Morgan fingerprint density at radius 1 is 1.19 bits per heavy atom. The molecule has 0 bridgehead atoms. The standard InChI is InChI=1S/C19H21N3O4/c1-19(2,3)15-8-10-16(11-9-15)26-13-18(23)21-20-12-14-6-4-5-7-17(14)22(24)25/h4-12H,13H2,1-3H3,(H,21,23)/b20-12-. The summed E-state index contributed by atoms with van der Waals surface area (Å²) in [7, 11) is 0. The van der Waals surface area contributed by atoms with Gasteiger partial charge in [0.2, 0.25) is 0 Å². The third-order valence-corrected chi connectivity index (χ3v) is 3.62. The number of amides is 1. The van der Waals surface area contributed by atoms with Crippen molar-refractivity contribution < 1.29 is 14.5 Å². The highest BCUT2D eigenvalue weighted by atomic mass is 16.6. The van der Waals surface area contributed by atoms with E-state index >= 15 is 0 Å². The molecule has 7 heteroatoms. The summed E-state index contributed by atoms with van der Waals surface area (Å²) < 4.78 is 5.41. The molecular formula is C19H21N3O4. The fourth-order valence-electron chi connectivity index (χ4n) is 2.17. The van der Waals surface area contributed by atoms with Gasteiger partial charge in [0.25, 0.3) is 11.6 Å². The molecule has 136 valence electrons. The minimum Gasteiger partial charge on any atom is -0.484 e. The van der Waals surface area contributed by atoms with Gasteiger partial charge in [-0.05, 0) is 29.2 Å². The number of carbonyl (C=O) groups excluding carboxylic acids is 1. The molecule has 0 spiro atoms. The number of ether oxygens (including phenoxy) is 1. The van der Waals surface area contributed by atoms with Gasteiger partial charge < -0.3 is 4.74 Å². The fourth-order valence-corrected chi connectivity index (χ4v) is 2.17. The Hall–Kier alpha value is -3.22. The first-order chi connectivity index (χ1) is 12.3. The van der Waals surface area contributed by atoms with Gasteiger partial charge >= 0.3 is 0 Å². The molecule has 0 aliphatic carbocycles. The number of hydrogen-bond donors (Lipinski definition) is 1. The van der Waals surface area contributed by atoms with E-state index in [0.29, 0.717) is 11.3 Å². The van der Waals surface area contributed by atoms with Crippen LogP contribution in [0.4, 0.5) is 5.69 Å². The SMILES string of the molecule is CC(C)(C)c1ccc(OCC(=O)N/N=C\c2ccccc2[N+](=O)[O-])cc1. The van der Waals surface area contributed by atoms with Gasteiger partial charge in [0, 0.05) is 6.07 Å². The molecule has 2 aromatic rings. The normalized spacial score (nSPS) is 11.3. The molecule has 0 fully saturated rings. The maximum absolute atomic E-state index is 11.8. The van der Waals surface area contributed by atoms with Gasteiger partial charge in [-0.1, -0.05) is 45.0 Å². The minimum absolute atomic E-state index is 0.0463. The average Bonchev–Trinajstić information content (AvgIpc) is 2.60. The smallest absolute Gasteiger partial charge is 0.278 e. The molecule has 0 saturated carbocycles. The number of nitrogens with zero attached hydrogens (tertiary/aromatic N) is 2. The summed E-state index contributed by atoms with van der Waals surface area (Å²) in [6.07, 6.45) is 1.23. The predicted molar refractivity (Wildman–Crippen MR) is 99.5 cm³/mol. The zero-order valence-corrected chi connectivity index (χ0v) is 14.9. The predicted octanol–water partition coefficient (Wildman–Crippen LogP) is 3.42. The van der Waals surface area contributed by atoms with E-state index < -0.39 is 10.8 Å². The number of nitro benzene ring substituents is 1. The van der Waals surface area contributed by atoms with E-state index in [0.717, 1.165) is 0 Å². The molecule has 7 nitrogen and oxygen atoms in total. The summed E-state index contributed by atoms with van der Waals surface area (Å²) in [6.45, 7) is 6.14. The number of rotatable bonds is 6. The molecule has 1 amide bonds. The molecular weight excluding hydrogens is 334 g/mol. The van der Waals surface area contributed by atoms with E-state index in [2.05, 4.69) is 31.3 Å². The van der Waals surface area contributed by atoms with Gasteiger partial charge in [-0.15, -0.1) is 0 Å². The van der Waals surface area contributed by atoms with Crippen LogP contribution in [0.15, 0.2) is 53.6 Å². The quantitative estimate of drug-likeness (QED) is 0.488. The molecule has 0 aliphatic heterocycles. The first kappa shape index (κ1) is 19.1. The Bertz CT molecular complexity index is 808. The number of carbonyl (C=O) groups is 1. The number of para-hydroxylation sites is 1. The molecule has 0 saturated heterocycles. The van der Waals surface area contributed by atoms with E-state index in [-0.39, 0.29) is 17.7 Å². The van der Waals surface area contributed by atoms with Crippen molar-refractivity contribution in [2.24, 2.45) is 5.10 Å². The van der Waals surface area contributed by atoms with E-state index in [1.54, 1.807) is 18.2 Å². The van der Waals surface area contributed by atoms with E-state index in [4.69, 9.17) is 4.74 Å². The van der Waals surface area contributed by atoms with Crippen molar-refractivity contribution in [3.63, 3.8) is 0 Å². The lowest BCUT2D eigenvalue weighted by Gasteiger charge is -2.19. The molecule has 2 rings (SSSR count). The lowest BCUT2D eigenvalue weighted by molar-refractivity contribution is -0.385. The second-order valence-corrected chi connectivity index (χ2v) is 6.67. The number of nitrogens with one attached hydrogen (secondary N) is 1. The molecule has 0 unspecified atom stereocenters. The van der Waals surface area contributed by atoms with Crippen molar-refractivity contribution in [3.8, 4) is 5.75 Å². The van der Waals surface area contributed by atoms with Crippen LogP contribution in [0.2, 0.25) is 0 Å². The first-order valence-corrected chi connectivity index (χ1v) is 8.06. The maximum Gasteiger partial charge on any atom is 0.278 e. The minimum atomic E-state index is -0.506. The number of hydrogen-bond acceptors (Lipinski definition) is 5. The van der Waals surface area contributed by atoms with Crippen LogP contribution >= 0.6 is 0 Å². The van der Waals surface area contributed by atoms with E-state index in [1.165, 1.54) is 17.8 Å². The van der Waals surface area contributed by atoms with Crippen molar-refractivity contribution in [2.75, 3.05) is 6.61 Å². The first-order valence-electron chi connectivity index (χ1n) is 8.06. The molecule has 1 N–H and O–H groups in total. The van der Waals surface area contributed by atoms with Crippen LogP contribution in [0.3, 0.4) is 0 Å². The van der Waals surface area contributed by atoms with Crippen molar-refractivity contribution in [2.45, 2.75) is 26.2 Å². The van der Waals surface area contributed by atoms with Gasteiger partial charge in [-0.25, -0.2) is 5.43 Å². The molecule has 0 radical (unpaired) electrons. The number of hydrazone groups is 1. The van der Waals surface area contributed by atoms with E-state index in [9.17, 15) is 14.9 Å². The van der Waals surface area contributed by atoms with Crippen LogP contribution in [0, 0.1) is 10.1 Å². The zero-order chi connectivity index (χ0) is 19.2. The lowest BCUT2D eigenvalue weighted by Crippen LogP contribution is -2.24. The summed E-state index contributed by atoms with van der Waals surface area (Å²) >= 11 is 0. The van der Waals surface area contributed by atoms with Gasteiger partial charge in [-0.2, -0.15) is 5.10 Å². The van der Waals surface area contributed by atoms with Crippen LogP contribution in [0.5, 0.6) is 5.75 Å². The van der Waals surface area contributed by atoms with Gasteiger partial charge in [0.05, 0.1) is 16.7 Å². The summed E-state index contributed by atoms with van der Waals surface area (Å²) in [5.41, 5.74) is 3.72.